The first-order valence-electron chi connectivity index (χ1n) is 7.86. The SMILES string of the molecule is COc1ccccc1C(=O)NC(=O)COC(=O)[C@@H](C)Sc1ccccc1. The molecule has 6 nitrogen and oxygen atoms in total. The Bertz CT molecular complexity index is 779. The zero-order chi connectivity index (χ0) is 18.9. The van der Waals surface area contributed by atoms with E-state index in [0.29, 0.717) is 5.75 Å². The van der Waals surface area contributed by atoms with Gasteiger partial charge in [0.15, 0.2) is 6.61 Å². The molecule has 0 aliphatic rings. The van der Waals surface area contributed by atoms with Crippen molar-refractivity contribution < 1.29 is 23.9 Å². The predicted octanol–water partition coefficient (Wildman–Crippen LogP) is 2.68. The molecule has 2 aromatic rings. The molecule has 7 heteroatoms. The molecule has 136 valence electrons. The molecule has 2 rings (SSSR count). The van der Waals surface area contributed by atoms with Crippen molar-refractivity contribution in [2.24, 2.45) is 0 Å². The Morgan fingerprint density at radius 1 is 1.04 bits per heavy atom. The largest absolute Gasteiger partial charge is 0.496 e. The fourth-order valence-electron chi connectivity index (χ4n) is 2.07. The lowest BCUT2D eigenvalue weighted by atomic mass is 10.2. The average Bonchev–Trinajstić information content (AvgIpc) is 2.66. The molecule has 0 unspecified atom stereocenters. The van der Waals surface area contributed by atoms with Gasteiger partial charge in [0.1, 0.15) is 11.0 Å². The maximum absolute atomic E-state index is 12.1. The van der Waals surface area contributed by atoms with E-state index in [0.717, 1.165) is 4.90 Å². The molecule has 0 heterocycles. The number of para-hydroxylation sites is 1. The number of hydrogen-bond donors (Lipinski definition) is 1. The van der Waals surface area contributed by atoms with Crippen molar-refractivity contribution in [1.29, 1.82) is 0 Å². The van der Waals surface area contributed by atoms with Gasteiger partial charge in [0.25, 0.3) is 11.8 Å². The first kappa shape index (κ1) is 19.5. The molecule has 0 bridgehead atoms. The lowest BCUT2D eigenvalue weighted by Gasteiger charge is -2.11. The second-order valence-corrected chi connectivity index (χ2v) is 6.67. The predicted molar refractivity (Wildman–Crippen MR) is 98.2 cm³/mol. The topological polar surface area (TPSA) is 81.7 Å². The summed E-state index contributed by atoms with van der Waals surface area (Å²) in [5, 5.41) is 1.70. The molecule has 0 aromatic heterocycles. The smallest absolute Gasteiger partial charge is 0.319 e. The van der Waals surface area contributed by atoms with Gasteiger partial charge < -0.3 is 9.47 Å². The van der Waals surface area contributed by atoms with Crippen LogP contribution in [0.25, 0.3) is 0 Å². The molecular weight excluding hydrogens is 354 g/mol. The summed E-state index contributed by atoms with van der Waals surface area (Å²) in [5.41, 5.74) is 0.225. The van der Waals surface area contributed by atoms with Gasteiger partial charge in [0, 0.05) is 4.90 Å². The second kappa shape index (κ2) is 9.62. The standard InChI is InChI=1S/C19H19NO5S/c1-13(26-14-8-4-3-5-9-14)19(23)25-12-17(21)20-18(22)15-10-6-7-11-16(15)24-2/h3-11,13H,12H2,1-2H3,(H,20,21,22)/t13-/m1/s1. The summed E-state index contributed by atoms with van der Waals surface area (Å²) in [5.74, 6) is -1.50. The van der Waals surface area contributed by atoms with E-state index in [2.05, 4.69) is 5.32 Å². The van der Waals surface area contributed by atoms with E-state index in [1.165, 1.54) is 24.9 Å². The van der Waals surface area contributed by atoms with E-state index in [1.54, 1.807) is 25.1 Å². The Morgan fingerprint density at radius 2 is 1.69 bits per heavy atom. The van der Waals surface area contributed by atoms with Gasteiger partial charge in [-0.25, -0.2) is 0 Å². The van der Waals surface area contributed by atoms with E-state index < -0.39 is 29.6 Å². The van der Waals surface area contributed by atoms with Crippen LogP contribution in [0.1, 0.15) is 17.3 Å². The molecule has 2 aromatic carbocycles. The molecule has 0 aliphatic carbocycles. The summed E-state index contributed by atoms with van der Waals surface area (Å²) in [6.45, 7) is 1.16. The number of esters is 1. The van der Waals surface area contributed by atoms with Crippen molar-refractivity contribution in [1.82, 2.24) is 5.32 Å². The van der Waals surface area contributed by atoms with E-state index in [1.807, 2.05) is 30.3 Å². The lowest BCUT2D eigenvalue weighted by Crippen LogP contribution is -2.35. The van der Waals surface area contributed by atoms with Crippen molar-refractivity contribution in [3.05, 3.63) is 60.2 Å². The van der Waals surface area contributed by atoms with Crippen LogP contribution in [0.3, 0.4) is 0 Å². The quantitative estimate of drug-likeness (QED) is 0.594. The van der Waals surface area contributed by atoms with Crippen LogP contribution in [0.15, 0.2) is 59.5 Å². The number of benzene rings is 2. The number of hydrogen-bond acceptors (Lipinski definition) is 6. The maximum atomic E-state index is 12.1. The van der Waals surface area contributed by atoms with E-state index in [4.69, 9.17) is 9.47 Å². The monoisotopic (exact) mass is 373 g/mol. The number of imide groups is 1. The Kier molecular flexibility index (Phi) is 7.23. The number of thioether (sulfide) groups is 1. The zero-order valence-corrected chi connectivity index (χ0v) is 15.2. The Balaban J connectivity index is 1.82. The minimum atomic E-state index is -0.703. The molecular formula is C19H19NO5S. The molecule has 2 amide bonds. The third-order valence-electron chi connectivity index (χ3n) is 3.34. The third kappa shape index (κ3) is 5.63. The highest BCUT2D eigenvalue weighted by atomic mass is 32.2. The summed E-state index contributed by atoms with van der Waals surface area (Å²) >= 11 is 1.33. The fourth-order valence-corrected chi connectivity index (χ4v) is 2.95. The molecule has 1 atom stereocenters. The maximum Gasteiger partial charge on any atom is 0.319 e. The van der Waals surface area contributed by atoms with Crippen molar-refractivity contribution in [3.63, 3.8) is 0 Å². The van der Waals surface area contributed by atoms with E-state index in [9.17, 15) is 14.4 Å². The van der Waals surface area contributed by atoms with Gasteiger partial charge in [0.05, 0.1) is 12.7 Å². The number of carbonyl (C=O) groups excluding carboxylic acids is 3. The molecule has 0 fully saturated rings. The Hall–Kier alpha value is -2.80. The van der Waals surface area contributed by atoms with Crippen LogP contribution in [0.4, 0.5) is 0 Å². The first-order valence-corrected chi connectivity index (χ1v) is 8.74. The number of methoxy groups -OCH3 is 1. The number of rotatable bonds is 7. The Morgan fingerprint density at radius 3 is 2.38 bits per heavy atom. The first-order chi connectivity index (χ1) is 12.5. The van der Waals surface area contributed by atoms with Gasteiger partial charge in [-0.15, -0.1) is 11.8 Å². The van der Waals surface area contributed by atoms with Gasteiger partial charge in [-0.1, -0.05) is 30.3 Å². The van der Waals surface area contributed by atoms with Crippen LogP contribution in [0, 0.1) is 0 Å². The van der Waals surface area contributed by atoms with Gasteiger partial charge in [-0.05, 0) is 31.2 Å². The molecule has 0 radical (unpaired) electrons. The summed E-state index contributed by atoms with van der Waals surface area (Å²) in [4.78, 5) is 36.9. The van der Waals surface area contributed by atoms with Crippen molar-refractivity contribution in [3.8, 4) is 5.75 Å². The molecule has 0 spiro atoms. The van der Waals surface area contributed by atoms with Crippen molar-refractivity contribution in [2.45, 2.75) is 17.1 Å². The number of nitrogens with one attached hydrogen (secondary N) is 1. The molecule has 0 saturated heterocycles. The summed E-state index contributed by atoms with van der Waals surface area (Å²) < 4.78 is 10.0. The fraction of sp³-hybridized carbons (Fsp3) is 0.211. The van der Waals surface area contributed by atoms with Crippen LogP contribution in [0.5, 0.6) is 5.75 Å². The second-order valence-electron chi connectivity index (χ2n) is 5.26. The van der Waals surface area contributed by atoms with Crippen LogP contribution < -0.4 is 10.1 Å². The normalized spacial score (nSPS) is 11.3. The highest BCUT2D eigenvalue weighted by Crippen LogP contribution is 2.23. The van der Waals surface area contributed by atoms with Crippen LogP contribution in [-0.2, 0) is 14.3 Å². The minimum Gasteiger partial charge on any atom is -0.496 e. The van der Waals surface area contributed by atoms with Gasteiger partial charge in [-0.3, -0.25) is 19.7 Å². The van der Waals surface area contributed by atoms with E-state index in [-0.39, 0.29) is 5.56 Å². The van der Waals surface area contributed by atoms with Gasteiger partial charge in [-0.2, -0.15) is 0 Å². The van der Waals surface area contributed by atoms with Gasteiger partial charge >= 0.3 is 5.97 Å². The van der Waals surface area contributed by atoms with Crippen molar-refractivity contribution >= 4 is 29.5 Å². The summed E-state index contributed by atoms with van der Waals surface area (Å²) in [7, 11) is 1.43. The minimum absolute atomic E-state index is 0.225. The van der Waals surface area contributed by atoms with Crippen LogP contribution in [-0.4, -0.2) is 36.8 Å². The zero-order valence-electron chi connectivity index (χ0n) is 14.4. The molecule has 1 N–H and O–H groups in total. The number of amides is 2. The molecule has 26 heavy (non-hydrogen) atoms. The van der Waals surface area contributed by atoms with Crippen LogP contribution in [0.2, 0.25) is 0 Å². The lowest BCUT2D eigenvalue weighted by molar-refractivity contribution is -0.147. The molecule has 0 aliphatic heterocycles. The molecule has 0 saturated carbocycles. The van der Waals surface area contributed by atoms with Crippen LogP contribution >= 0.6 is 11.8 Å². The van der Waals surface area contributed by atoms with E-state index >= 15 is 0 Å². The highest BCUT2D eigenvalue weighted by Gasteiger charge is 2.19. The summed E-state index contributed by atoms with van der Waals surface area (Å²) in [6, 6.07) is 15.9. The average molecular weight is 373 g/mol. The number of ether oxygens (including phenoxy) is 2. The highest BCUT2D eigenvalue weighted by molar-refractivity contribution is 8.00. The third-order valence-corrected chi connectivity index (χ3v) is 4.43. The summed E-state index contributed by atoms with van der Waals surface area (Å²) in [6.07, 6.45) is 0. The Labute approximate surface area is 155 Å². The number of carbonyl (C=O) groups is 3. The van der Waals surface area contributed by atoms with Crippen molar-refractivity contribution in [2.75, 3.05) is 13.7 Å². The van der Waals surface area contributed by atoms with Gasteiger partial charge in [0.2, 0.25) is 0 Å².